The molecule has 0 radical (unpaired) electrons. The fourth-order valence-corrected chi connectivity index (χ4v) is 5.05. The number of nitrogens with one attached hydrogen (secondary N) is 2. The molecular weight excluding hydrogens is 326 g/mol. The Morgan fingerprint density at radius 2 is 1.54 bits per heavy atom. The molecule has 7 heteroatoms. The summed E-state index contributed by atoms with van der Waals surface area (Å²) in [6, 6.07) is 12.2. The van der Waals surface area contributed by atoms with Crippen LogP contribution in [0.3, 0.4) is 0 Å². The zero-order valence-corrected chi connectivity index (χ0v) is 13.9. The van der Waals surface area contributed by atoms with Crippen molar-refractivity contribution in [3.63, 3.8) is 0 Å². The highest BCUT2D eigenvalue weighted by molar-refractivity contribution is 7.93. The number of sulfonamides is 1. The molecule has 4 rings (SSSR count). The summed E-state index contributed by atoms with van der Waals surface area (Å²) in [7, 11) is -3.89. The molecule has 0 fully saturated rings. The molecule has 24 heavy (non-hydrogen) atoms. The number of rotatable bonds is 1. The van der Waals surface area contributed by atoms with Crippen molar-refractivity contribution >= 4 is 21.4 Å². The van der Waals surface area contributed by atoms with Crippen molar-refractivity contribution in [3.05, 3.63) is 63.9 Å². The van der Waals surface area contributed by atoms with Crippen LogP contribution in [-0.4, -0.2) is 18.6 Å². The quantitative estimate of drug-likeness (QED) is 0.713. The normalized spacial score (nSPS) is 15.0. The molecule has 2 aromatic carbocycles. The summed E-state index contributed by atoms with van der Waals surface area (Å²) in [5.41, 5.74) is 2.69. The molecule has 2 heterocycles. The molecule has 0 unspecified atom stereocenters. The number of hydrogen-bond acceptors (Lipinski definition) is 3. The minimum absolute atomic E-state index is 0.103. The maximum absolute atomic E-state index is 13.3. The number of H-pyrrole nitrogens is 2. The van der Waals surface area contributed by atoms with Gasteiger partial charge in [-0.3, -0.25) is 15.0 Å². The van der Waals surface area contributed by atoms with Crippen LogP contribution >= 0.6 is 0 Å². The van der Waals surface area contributed by atoms with Gasteiger partial charge in [-0.2, -0.15) is 0 Å². The van der Waals surface area contributed by atoms with Gasteiger partial charge in [0, 0.05) is 5.56 Å². The van der Waals surface area contributed by atoms with Crippen molar-refractivity contribution in [1.29, 1.82) is 0 Å². The third-order valence-corrected chi connectivity index (χ3v) is 6.03. The number of anilines is 2. The van der Waals surface area contributed by atoms with E-state index in [0.29, 0.717) is 16.9 Å². The van der Waals surface area contributed by atoms with Crippen LogP contribution in [0.1, 0.15) is 11.1 Å². The number of para-hydroxylation sites is 1. The number of aromatic nitrogens is 2. The molecule has 0 spiro atoms. The van der Waals surface area contributed by atoms with Crippen molar-refractivity contribution < 1.29 is 8.42 Å². The number of hydrogen-bond donors (Lipinski definition) is 2. The minimum Gasteiger partial charge on any atom is -0.295 e. The largest absolute Gasteiger partial charge is 0.295 e. The van der Waals surface area contributed by atoms with E-state index in [1.54, 1.807) is 24.3 Å². The second-order valence-electron chi connectivity index (χ2n) is 5.81. The molecule has 6 nitrogen and oxygen atoms in total. The zero-order valence-electron chi connectivity index (χ0n) is 13.1. The highest BCUT2D eigenvalue weighted by atomic mass is 32.2. The summed E-state index contributed by atoms with van der Waals surface area (Å²) in [5, 5.41) is 5.32. The van der Waals surface area contributed by atoms with E-state index >= 15 is 0 Å². The maximum Gasteiger partial charge on any atom is 0.289 e. The first-order valence-electron chi connectivity index (χ1n) is 7.44. The Bertz CT molecular complexity index is 1110. The number of aryl methyl sites for hydroxylation is 2. The molecule has 3 aromatic rings. The highest BCUT2D eigenvalue weighted by Gasteiger charge is 2.40. The molecular formula is C17H15N3O3S. The first-order chi connectivity index (χ1) is 11.4. The first kappa shape index (κ1) is 14.8. The predicted molar refractivity (Wildman–Crippen MR) is 92.1 cm³/mol. The smallest absolute Gasteiger partial charge is 0.289 e. The van der Waals surface area contributed by atoms with E-state index in [1.165, 1.54) is 0 Å². The monoisotopic (exact) mass is 341 g/mol. The third kappa shape index (κ3) is 1.81. The molecule has 1 aliphatic heterocycles. The summed E-state index contributed by atoms with van der Waals surface area (Å²) >= 11 is 0. The zero-order chi connectivity index (χ0) is 17.1. The van der Waals surface area contributed by atoms with Gasteiger partial charge in [-0.05, 0) is 31.0 Å². The lowest BCUT2D eigenvalue weighted by atomic mass is 10.1. The van der Waals surface area contributed by atoms with Gasteiger partial charge < -0.3 is 0 Å². The van der Waals surface area contributed by atoms with Gasteiger partial charge in [-0.25, -0.2) is 12.7 Å². The van der Waals surface area contributed by atoms with Crippen LogP contribution in [0, 0.1) is 13.8 Å². The topological polar surface area (TPSA) is 86.0 Å². The van der Waals surface area contributed by atoms with Crippen LogP contribution in [0.5, 0.6) is 0 Å². The van der Waals surface area contributed by atoms with E-state index < -0.39 is 15.6 Å². The van der Waals surface area contributed by atoms with Crippen LogP contribution in [0.4, 0.5) is 11.4 Å². The van der Waals surface area contributed by atoms with Crippen molar-refractivity contribution in [3.8, 4) is 11.3 Å². The second kappa shape index (κ2) is 4.85. The standard InChI is InChI=1S/C17H15N3O3S/c1-10-6-5-7-11(2)15(10)20-16-14(18-19-17(16)21)12-8-3-4-9-13(12)24(20,22)23/h3-9H,1-2H3,(H2,18,19,21). The van der Waals surface area contributed by atoms with Crippen LogP contribution in [0.25, 0.3) is 11.3 Å². The van der Waals surface area contributed by atoms with Crippen LogP contribution in [0.2, 0.25) is 0 Å². The first-order valence-corrected chi connectivity index (χ1v) is 8.88. The molecule has 1 aromatic heterocycles. The van der Waals surface area contributed by atoms with Gasteiger partial charge in [-0.15, -0.1) is 0 Å². The molecule has 0 aliphatic carbocycles. The van der Waals surface area contributed by atoms with Crippen LogP contribution < -0.4 is 9.86 Å². The average Bonchev–Trinajstić information content (AvgIpc) is 2.92. The number of benzene rings is 2. The molecule has 0 saturated heterocycles. The summed E-state index contributed by atoms with van der Waals surface area (Å²) in [6.07, 6.45) is 0. The van der Waals surface area contributed by atoms with E-state index in [0.717, 1.165) is 15.4 Å². The van der Waals surface area contributed by atoms with Crippen molar-refractivity contribution in [2.75, 3.05) is 4.31 Å². The number of fused-ring (bicyclic) bond motifs is 3. The van der Waals surface area contributed by atoms with Crippen molar-refractivity contribution in [1.82, 2.24) is 10.2 Å². The predicted octanol–water partition coefficient (Wildman–Crippen LogP) is 2.83. The molecule has 2 N–H and O–H groups in total. The van der Waals surface area contributed by atoms with Crippen molar-refractivity contribution in [2.24, 2.45) is 0 Å². The molecule has 1 aliphatic rings. The lowest BCUT2D eigenvalue weighted by Crippen LogP contribution is -2.33. The molecule has 0 saturated carbocycles. The summed E-state index contributed by atoms with van der Waals surface area (Å²) in [6.45, 7) is 3.66. The number of nitrogens with zero attached hydrogens (tertiary/aromatic N) is 1. The molecule has 0 bridgehead atoms. The fourth-order valence-electron chi connectivity index (χ4n) is 3.21. The van der Waals surface area contributed by atoms with E-state index in [4.69, 9.17) is 0 Å². The Hall–Kier alpha value is -2.80. The van der Waals surface area contributed by atoms with Crippen LogP contribution in [0.15, 0.2) is 52.2 Å². The Kier molecular flexibility index (Phi) is 2.98. The van der Waals surface area contributed by atoms with E-state index in [-0.39, 0.29) is 10.6 Å². The van der Waals surface area contributed by atoms with Gasteiger partial charge >= 0.3 is 0 Å². The van der Waals surface area contributed by atoms with Gasteiger partial charge in [0.15, 0.2) is 0 Å². The highest BCUT2D eigenvalue weighted by Crippen LogP contribution is 2.45. The Balaban J connectivity index is 2.17. The van der Waals surface area contributed by atoms with Crippen LogP contribution in [-0.2, 0) is 10.0 Å². The Labute approximate surface area is 138 Å². The maximum atomic E-state index is 13.3. The summed E-state index contributed by atoms with van der Waals surface area (Å²) in [5.74, 6) is 0. The summed E-state index contributed by atoms with van der Waals surface area (Å²) in [4.78, 5) is 12.6. The minimum atomic E-state index is -3.89. The average molecular weight is 341 g/mol. The third-order valence-electron chi connectivity index (χ3n) is 4.27. The second-order valence-corrected chi connectivity index (χ2v) is 7.56. The van der Waals surface area contributed by atoms with Gasteiger partial charge in [0.2, 0.25) is 0 Å². The molecule has 0 atom stereocenters. The lowest BCUT2D eigenvalue weighted by Gasteiger charge is -2.30. The van der Waals surface area contributed by atoms with Crippen molar-refractivity contribution in [2.45, 2.75) is 18.7 Å². The summed E-state index contributed by atoms with van der Waals surface area (Å²) < 4.78 is 27.7. The molecule has 0 amide bonds. The Morgan fingerprint density at radius 1 is 0.875 bits per heavy atom. The van der Waals surface area contributed by atoms with Gasteiger partial charge in [-0.1, -0.05) is 36.4 Å². The van der Waals surface area contributed by atoms with Gasteiger partial charge in [0.25, 0.3) is 15.6 Å². The Morgan fingerprint density at radius 3 is 2.25 bits per heavy atom. The van der Waals surface area contributed by atoms with Gasteiger partial charge in [0.05, 0.1) is 16.3 Å². The fraction of sp³-hybridized carbons (Fsp3) is 0.118. The molecule has 122 valence electrons. The SMILES string of the molecule is Cc1cccc(C)c1N1c2c([nH][nH]c2=O)-c2ccccc2S1(=O)=O. The number of aromatic amines is 2. The van der Waals surface area contributed by atoms with E-state index in [1.807, 2.05) is 32.0 Å². The lowest BCUT2D eigenvalue weighted by molar-refractivity contribution is 0.595. The van der Waals surface area contributed by atoms with E-state index in [2.05, 4.69) is 10.2 Å². The van der Waals surface area contributed by atoms with E-state index in [9.17, 15) is 13.2 Å². The van der Waals surface area contributed by atoms with Gasteiger partial charge in [0.1, 0.15) is 5.69 Å².